The van der Waals surface area contributed by atoms with E-state index >= 15 is 0 Å². The number of quaternary nitrogens is 4. The summed E-state index contributed by atoms with van der Waals surface area (Å²) in [6.07, 6.45) is 4.50. The number of imidazole rings is 1. The summed E-state index contributed by atoms with van der Waals surface area (Å²) in [6, 6.07) is 1.86. The second-order valence-electron chi connectivity index (χ2n) is 25.9. The Hall–Kier alpha value is -6.80. The number of carboxylic acids is 3. The zero-order valence-electron chi connectivity index (χ0n) is 55.9. The number of anilines is 1. The second-order valence-corrected chi connectivity index (χ2v) is 30.7. The van der Waals surface area contributed by atoms with Crippen molar-refractivity contribution in [3.05, 3.63) is 93.7 Å². The molecule has 3 unspecified atom stereocenters. The molecular weight excluding hydrogens is 1530 g/mol. The molecule has 99 heavy (non-hydrogen) atoms. The Bertz CT molecular complexity index is 3680. The molecule has 0 aliphatic carbocycles. The summed E-state index contributed by atoms with van der Waals surface area (Å²) < 4.78 is 97.2. The number of aliphatic hydroxyl groups is 1. The van der Waals surface area contributed by atoms with Crippen LogP contribution in [0.5, 0.6) is 5.75 Å². The average Bonchev–Trinajstić information content (AvgIpc) is 0.920. The molecule has 0 spiro atoms. The van der Waals surface area contributed by atoms with E-state index < -0.39 is 127 Å². The number of fused-ring (bicyclic) bond motifs is 1. The fourth-order valence-electron chi connectivity index (χ4n) is 11.3. The van der Waals surface area contributed by atoms with E-state index in [2.05, 4.69) is 53.2 Å². The number of hydrogen-bond acceptors (Lipinski definition) is 21. The molecule has 5 amide bonds. The number of ether oxygens (including phenoxy) is 1. The number of sulfonamides is 1. The van der Waals surface area contributed by atoms with Gasteiger partial charge in [-0.15, -0.1) is 0 Å². The van der Waals surface area contributed by atoms with Crippen LogP contribution in [0.4, 0.5) is 5.95 Å². The van der Waals surface area contributed by atoms with Crippen LogP contribution in [0.1, 0.15) is 39.9 Å². The Morgan fingerprint density at radius 3 is 1.70 bits per heavy atom. The first-order chi connectivity index (χ1) is 45.4. The Morgan fingerprint density at radius 1 is 0.687 bits per heavy atom. The predicted molar refractivity (Wildman–Crippen MR) is 361 cm³/mol. The quantitative estimate of drug-likeness (QED) is 0.0159. The van der Waals surface area contributed by atoms with Gasteiger partial charge in [0.15, 0.2) is 25.6 Å². The molecule has 40 heteroatoms. The first kappa shape index (κ1) is 84.6. The molecule has 3 heterocycles. The van der Waals surface area contributed by atoms with Gasteiger partial charge in [-0.1, -0.05) is 12.6 Å². The van der Waals surface area contributed by atoms with Crippen LogP contribution in [0.2, 0.25) is 0 Å². The number of pyridine rings is 1. The number of likely N-dealkylation sites (N-methyl/N-ethyl adjacent to an activating group) is 4. The van der Waals surface area contributed by atoms with Crippen LogP contribution in [-0.4, -0.2) is 299 Å². The predicted octanol–water partition coefficient (Wildman–Crippen LogP) is -0.499. The molecular formula is C59H94LuN14O22S3+4. The minimum atomic E-state index is -4.60. The van der Waals surface area contributed by atoms with E-state index in [4.69, 9.17) is 4.74 Å². The first-order valence-electron chi connectivity index (χ1n) is 30.8. The normalized spacial score (nSPS) is 20.5. The summed E-state index contributed by atoms with van der Waals surface area (Å²) >= 11 is 0. The minimum absolute atomic E-state index is 0. The molecule has 5 rings (SSSR count). The van der Waals surface area contributed by atoms with Crippen LogP contribution in [-0.2, 0) is 57.2 Å². The van der Waals surface area contributed by atoms with Crippen molar-refractivity contribution >= 4 is 96.1 Å². The number of benzene rings is 2. The number of nitrogens with zero attached hydrogens (tertiary/aromatic N) is 6. The summed E-state index contributed by atoms with van der Waals surface area (Å²) in [5.41, 5.74) is 0.667. The van der Waals surface area contributed by atoms with Gasteiger partial charge < -0.3 is 112 Å². The van der Waals surface area contributed by atoms with Gasteiger partial charge in [0.1, 0.15) is 94.1 Å². The SMILES string of the molecule is C=C(O)C[N+]1(C)CC[N+](C)(CC(=O)O)CC[N+](C)(CC(=O)N[C@@H](CS(O)(O)O)C(=O)N[C@@H](CS(O)(O)O)C(=O)NCCNC(=O)CCCOc2cc(C)c(S(=O)(=O)NC(CNC(=O)c3cn(C)c4cc(CNc5ncc[nH]5)ccc4c3=O)C(=O)O)c(C)c2)CC[N+](C)(CC(=O)O)CC1.[Lu]. The molecule has 561 valence electrons. The fourth-order valence-corrected chi connectivity index (χ4v) is 14.3. The minimum Gasteiger partial charge on any atom is -0.507 e. The number of aliphatic carboxylic acids is 3. The molecule has 2 aromatic heterocycles. The van der Waals surface area contributed by atoms with E-state index in [1.807, 2.05) is 7.05 Å². The van der Waals surface area contributed by atoms with Gasteiger partial charge in [-0.2, -0.15) is 4.72 Å². The Morgan fingerprint density at radius 2 is 1.20 bits per heavy atom. The van der Waals surface area contributed by atoms with E-state index in [0.717, 1.165) is 5.56 Å². The molecule has 1 radical (unpaired) electrons. The second kappa shape index (κ2) is 36.2. The van der Waals surface area contributed by atoms with Gasteiger partial charge in [-0.25, -0.2) is 23.0 Å². The van der Waals surface area contributed by atoms with Gasteiger partial charge in [-0.05, 0) is 61.2 Å². The number of aromatic amines is 1. The monoisotopic (exact) mass is 1620 g/mol. The molecule has 18 N–H and O–H groups in total. The Kier molecular flexibility index (Phi) is 30.9. The van der Waals surface area contributed by atoms with Crippen molar-refractivity contribution in [3.63, 3.8) is 0 Å². The zero-order chi connectivity index (χ0) is 73.4. The molecule has 1 saturated heterocycles. The van der Waals surface area contributed by atoms with E-state index in [1.165, 1.54) is 32.2 Å². The largest absolute Gasteiger partial charge is 0.507 e. The third-order valence-electron chi connectivity index (χ3n) is 16.7. The Labute approximate surface area is 604 Å². The van der Waals surface area contributed by atoms with Crippen molar-refractivity contribution in [2.45, 2.75) is 56.3 Å². The van der Waals surface area contributed by atoms with Crippen molar-refractivity contribution in [2.75, 3.05) is 150 Å². The number of hydrogen-bond donors (Lipinski definition) is 18. The average molecular weight is 1620 g/mol. The van der Waals surface area contributed by atoms with Crippen LogP contribution < -0.4 is 46.8 Å². The number of nitrogens with one attached hydrogen (secondary N) is 8. The summed E-state index contributed by atoms with van der Waals surface area (Å²) in [4.78, 5) is 125. The van der Waals surface area contributed by atoms with Crippen molar-refractivity contribution < 1.29 is 154 Å². The number of carbonyl (C=O) groups excluding carboxylic acids is 5. The molecule has 4 aromatic rings. The summed E-state index contributed by atoms with van der Waals surface area (Å²) in [5, 5.41) is 55.2. The van der Waals surface area contributed by atoms with Gasteiger partial charge in [-0.3, -0.25) is 33.6 Å². The standard InChI is InChI=1S/C59H90N14O22S3.Lu/c1-38-26-42(27-39(2)54(38)98(93,94)68-45(58(85)86)30-64-55(82)44-31-69(4)48-28-41(11-12-43(48)53(44)81)29-65-59-62-15-16-63-59)95-25-9-10-49(75)60-13-14-61-56(83)46(36-96(87,88)89)67-57(84)47(37-97(90,91)92)66-50(76)33-71(6)19-23-72(7,34-51(77)78)21-17-70(5,32-40(3)74)18-22-73(8,24-20-71)35-52(79)80;/h11-12,15-16,26-28,31,45-47,68H,3,9-10,13-14,17-25,29-30,32-37H2,1-2,4-8H3,(H13-4,60,61,62,63,64,65,66,67,74,75,76,77,78,79,80,82,83,84,85,86,87,88,89,90,91,92);/p+4/t45?,46-,47-,70?,71?,72?,73?;/m0./s1. The number of aliphatic hydroxyl groups excluding tert-OH is 1. The maximum atomic E-state index is 14.0. The van der Waals surface area contributed by atoms with E-state index in [9.17, 15) is 99.3 Å². The number of carboxylic acid groups (broad SMARTS) is 3. The maximum absolute atomic E-state index is 14.0. The molecule has 1 aliphatic heterocycles. The summed E-state index contributed by atoms with van der Waals surface area (Å²) in [6.45, 7) is 6.26. The third kappa shape index (κ3) is 27.6. The number of rotatable bonds is 34. The van der Waals surface area contributed by atoms with Crippen LogP contribution in [0.25, 0.3) is 10.9 Å². The maximum Gasteiger partial charge on any atom is 0.359 e. The topological polar surface area (TPSA) is 517 Å². The molecule has 0 saturated carbocycles. The van der Waals surface area contributed by atoms with Crippen LogP contribution >= 0.6 is 21.7 Å². The van der Waals surface area contributed by atoms with Gasteiger partial charge in [0, 0.05) is 100 Å². The number of H-pyrrole nitrogens is 1. The van der Waals surface area contributed by atoms with E-state index in [1.54, 1.807) is 63.4 Å². The third-order valence-corrected chi connectivity index (χ3v) is 20.0. The number of amides is 5. The first-order valence-corrected chi connectivity index (χ1v) is 35.6. The van der Waals surface area contributed by atoms with Crippen molar-refractivity contribution in [2.24, 2.45) is 7.05 Å². The van der Waals surface area contributed by atoms with Crippen LogP contribution in [0, 0.1) is 50.7 Å². The summed E-state index contributed by atoms with van der Waals surface area (Å²) in [5.74, 6) is -10.6. The van der Waals surface area contributed by atoms with Gasteiger partial charge in [0.05, 0.1) is 78.5 Å². The van der Waals surface area contributed by atoms with E-state index in [0.29, 0.717) is 31.1 Å². The molecule has 2 aromatic carbocycles. The van der Waals surface area contributed by atoms with Crippen molar-refractivity contribution in [1.29, 1.82) is 0 Å². The fraction of sp³-hybridized carbons (Fsp3) is 0.525. The zero-order valence-corrected chi connectivity index (χ0v) is 60.1. The number of aromatic nitrogens is 3. The van der Waals surface area contributed by atoms with Crippen molar-refractivity contribution in [1.82, 2.24) is 45.8 Å². The molecule has 36 nitrogen and oxygen atoms in total. The summed E-state index contributed by atoms with van der Waals surface area (Å²) in [7, 11) is -5.19. The van der Waals surface area contributed by atoms with Crippen LogP contribution in [0.3, 0.4) is 0 Å². The van der Waals surface area contributed by atoms with Crippen molar-refractivity contribution in [3.8, 4) is 5.75 Å². The van der Waals surface area contributed by atoms with Gasteiger partial charge in [0.25, 0.3) is 11.8 Å². The smallest absolute Gasteiger partial charge is 0.359 e. The van der Waals surface area contributed by atoms with E-state index in [-0.39, 0.29) is 185 Å². The molecule has 1 fully saturated rings. The van der Waals surface area contributed by atoms with Gasteiger partial charge in [0.2, 0.25) is 33.2 Å². The van der Waals surface area contributed by atoms with Crippen LogP contribution in [0.15, 0.2) is 71.0 Å². The molecule has 1 aliphatic rings. The molecule has 0 bridgehead atoms. The number of carbonyl (C=O) groups is 8. The Balaban J connectivity index is 0.0000208. The molecule has 5 atom stereocenters. The van der Waals surface area contributed by atoms with Gasteiger partial charge >= 0.3 is 17.9 Å². The number of aryl methyl sites for hydroxylation is 3.